The second kappa shape index (κ2) is 16.1. The third-order valence-corrected chi connectivity index (χ3v) is 1.12. The zero-order valence-electron chi connectivity index (χ0n) is 11.8. The molecule has 1 aliphatic heterocycles. The van der Waals surface area contributed by atoms with Crippen molar-refractivity contribution in [3.63, 3.8) is 0 Å². The zero-order chi connectivity index (χ0) is 13.6. The molecule has 0 saturated carbocycles. The smallest absolute Gasteiger partial charge is 0.177 e. The summed E-state index contributed by atoms with van der Waals surface area (Å²) in [5.74, 6) is 0.537. The Morgan fingerprint density at radius 3 is 1.75 bits per heavy atom. The highest BCUT2D eigenvalue weighted by atomic mass is 16.6. The first kappa shape index (κ1) is 20.1. The van der Waals surface area contributed by atoms with Crippen LogP contribution in [0.3, 0.4) is 0 Å². The number of allylic oxidation sites excluding steroid dienone is 2. The lowest BCUT2D eigenvalue weighted by Crippen LogP contribution is -2.05. The minimum atomic E-state index is 0.537. The predicted molar refractivity (Wildman–Crippen MR) is 75.3 cm³/mol. The van der Waals surface area contributed by atoms with Crippen molar-refractivity contribution in [3.05, 3.63) is 25.0 Å². The van der Waals surface area contributed by atoms with E-state index in [1.807, 2.05) is 41.5 Å². The Balaban J connectivity index is -0.000000206. The Labute approximate surface area is 101 Å². The maximum atomic E-state index is 4.73. The number of nitrogens with zero attached hydrogens (tertiary/aromatic N) is 2. The molecule has 0 N–H and O–H groups in total. The van der Waals surface area contributed by atoms with Crippen LogP contribution in [0.25, 0.3) is 0 Å². The fourth-order valence-corrected chi connectivity index (χ4v) is 0.698. The van der Waals surface area contributed by atoms with E-state index in [2.05, 4.69) is 23.3 Å². The van der Waals surface area contributed by atoms with Crippen LogP contribution >= 0.6 is 0 Å². The van der Waals surface area contributed by atoms with Gasteiger partial charge in [0.25, 0.3) is 0 Å². The highest BCUT2D eigenvalue weighted by Crippen LogP contribution is 2.08. The summed E-state index contributed by atoms with van der Waals surface area (Å²) in [4.78, 5) is 8.64. The standard InChI is InChI=1S/C6H8N2O.C3H6.2C2H6/c1-4-6(7-3)5(2)9-8-4;1-3-2;2*1-2/h2H2,1,3H3;3H,1H2,2H3;2*1-2H3. The summed E-state index contributed by atoms with van der Waals surface area (Å²) in [6, 6.07) is 0. The average Bonchev–Trinajstić information content (AvgIpc) is 2.65. The second-order valence-electron chi connectivity index (χ2n) is 2.17. The number of aliphatic imine (C=N–C) groups is 1. The minimum Gasteiger partial charge on any atom is -0.355 e. The van der Waals surface area contributed by atoms with Crippen LogP contribution < -0.4 is 0 Å². The van der Waals surface area contributed by atoms with Crippen LogP contribution in [0.15, 0.2) is 35.1 Å². The van der Waals surface area contributed by atoms with Crippen molar-refractivity contribution in [2.24, 2.45) is 10.1 Å². The Hall–Kier alpha value is -1.38. The van der Waals surface area contributed by atoms with Gasteiger partial charge in [0, 0.05) is 7.05 Å². The largest absolute Gasteiger partial charge is 0.355 e. The zero-order valence-corrected chi connectivity index (χ0v) is 11.8. The minimum absolute atomic E-state index is 0.537. The van der Waals surface area contributed by atoms with E-state index < -0.39 is 0 Å². The van der Waals surface area contributed by atoms with Crippen molar-refractivity contribution in [3.8, 4) is 0 Å². The molecule has 16 heavy (non-hydrogen) atoms. The quantitative estimate of drug-likeness (QED) is 0.569. The molecule has 0 unspecified atom stereocenters. The maximum absolute atomic E-state index is 4.73. The van der Waals surface area contributed by atoms with Gasteiger partial charge in [-0.15, -0.1) is 6.58 Å². The molecule has 1 aliphatic rings. The van der Waals surface area contributed by atoms with E-state index in [4.69, 9.17) is 4.84 Å². The Bertz CT molecular complexity index is 240. The third kappa shape index (κ3) is 9.19. The third-order valence-electron chi connectivity index (χ3n) is 1.12. The van der Waals surface area contributed by atoms with E-state index >= 15 is 0 Å². The van der Waals surface area contributed by atoms with Gasteiger partial charge in [0.1, 0.15) is 11.4 Å². The first-order valence-electron chi connectivity index (χ1n) is 5.62. The first-order chi connectivity index (χ1) is 7.67. The van der Waals surface area contributed by atoms with Crippen LogP contribution in [0.4, 0.5) is 0 Å². The van der Waals surface area contributed by atoms with Crippen molar-refractivity contribution in [2.75, 3.05) is 7.05 Å². The topological polar surface area (TPSA) is 34.0 Å². The van der Waals surface area contributed by atoms with Gasteiger partial charge in [-0.05, 0) is 13.8 Å². The summed E-state index contributed by atoms with van der Waals surface area (Å²) in [5, 5.41) is 3.66. The van der Waals surface area contributed by atoms with Gasteiger partial charge in [-0.2, -0.15) is 0 Å². The molecule has 0 atom stereocenters. The van der Waals surface area contributed by atoms with E-state index in [-0.39, 0.29) is 0 Å². The molecule has 0 saturated heterocycles. The van der Waals surface area contributed by atoms with Crippen molar-refractivity contribution < 1.29 is 4.84 Å². The normalized spacial score (nSPS) is 14.1. The molecule has 0 spiro atoms. The molecule has 0 aromatic rings. The summed E-state index contributed by atoms with van der Waals surface area (Å²) in [7, 11) is 1.69. The van der Waals surface area contributed by atoms with Crippen LogP contribution in [0.1, 0.15) is 41.5 Å². The molecule has 0 amide bonds. The second-order valence-corrected chi connectivity index (χ2v) is 2.17. The van der Waals surface area contributed by atoms with E-state index in [9.17, 15) is 0 Å². The Kier molecular flexibility index (Phi) is 20.2. The van der Waals surface area contributed by atoms with E-state index in [1.165, 1.54) is 0 Å². The van der Waals surface area contributed by atoms with Crippen LogP contribution in [0, 0.1) is 0 Å². The highest BCUT2D eigenvalue weighted by Gasteiger charge is 2.15. The van der Waals surface area contributed by atoms with Crippen molar-refractivity contribution in [1.82, 2.24) is 0 Å². The number of rotatable bonds is 0. The SMILES string of the molecule is C=C1ON=C(C)C1=NC.C=CC.CC.CC. The Morgan fingerprint density at radius 2 is 1.62 bits per heavy atom. The summed E-state index contributed by atoms with van der Waals surface area (Å²) in [5.41, 5.74) is 1.55. The number of oxime groups is 1. The Morgan fingerprint density at radius 1 is 1.25 bits per heavy atom. The number of hydrogen-bond acceptors (Lipinski definition) is 3. The molecule has 0 aromatic carbocycles. The summed E-state index contributed by atoms with van der Waals surface area (Å²) < 4.78 is 0. The molecule has 1 rings (SSSR count). The van der Waals surface area contributed by atoms with Gasteiger partial charge in [-0.1, -0.05) is 45.5 Å². The van der Waals surface area contributed by atoms with Crippen LogP contribution in [0.2, 0.25) is 0 Å². The monoisotopic (exact) mass is 226 g/mol. The van der Waals surface area contributed by atoms with Gasteiger partial charge in [0.15, 0.2) is 5.76 Å². The molecule has 0 aliphatic carbocycles. The summed E-state index contributed by atoms with van der Waals surface area (Å²) in [6.07, 6.45) is 1.75. The van der Waals surface area contributed by atoms with Crippen molar-refractivity contribution >= 4 is 11.4 Å². The van der Waals surface area contributed by atoms with Gasteiger partial charge in [-0.25, -0.2) is 0 Å². The molecular weight excluding hydrogens is 200 g/mol. The first-order valence-corrected chi connectivity index (χ1v) is 5.62. The van der Waals surface area contributed by atoms with Crippen molar-refractivity contribution in [2.45, 2.75) is 41.5 Å². The molecule has 3 nitrogen and oxygen atoms in total. The predicted octanol–water partition coefficient (Wildman–Crippen LogP) is 4.22. The summed E-state index contributed by atoms with van der Waals surface area (Å²) >= 11 is 0. The summed E-state index contributed by atoms with van der Waals surface area (Å²) in [6.45, 7) is 18.7. The fourth-order valence-electron chi connectivity index (χ4n) is 0.698. The van der Waals surface area contributed by atoms with Gasteiger partial charge < -0.3 is 4.84 Å². The molecule has 0 radical (unpaired) electrons. The molecule has 94 valence electrons. The van der Waals surface area contributed by atoms with Crippen LogP contribution in [-0.2, 0) is 4.84 Å². The van der Waals surface area contributed by atoms with E-state index in [0.717, 1.165) is 11.4 Å². The molecule has 3 heteroatoms. The van der Waals surface area contributed by atoms with Gasteiger partial charge in [0.2, 0.25) is 0 Å². The average molecular weight is 226 g/mol. The lowest BCUT2D eigenvalue weighted by atomic mass is 10.2. The van der Waals surface area contributed by atoms with E-state index in [0.29, 0.717) is 5.76 Å². The van der Waals surface area contributed by atoms with E-state index in [1.54, 1.807) is 13.1 Å². The van der Waals surface area contributed by atoms with Crippen LogP contribution in [0.5, 0.6) is 0 Å². The molecule has 0 bridgehead atoms. The van der Waals surface area contributed by atoms with Gasteiger partial charge in [0.05, 0.1) is 0 Å². The van der Waals surface area contributed by atoms with Gasteiger partial charge in [-0.3, -0.25) is 4.99 Å². The number of hydrogen-bond donors (Lipinski definition) is 0. The lowest BCUT2D eigenvalue weighted by molar-refractivity contribution is 0.260. The van der Waals surface area contributed by atoms with Crippen LogP contribution in [-0.4, -0.2) is 18.5 Å². The van der Waals surface area contributed by atoms with Gasteiger partial charge >= 0.3 is 0 Å². The fraction of sp³-hybridized carbons (Fsp3) is 0.538. The molecule has 0 aromatic heterocycles. The highest BCUT2D eigenvalue weighted by molar-refractivity contribution is 6.47. The molecule has 0 fully saturated rings. The lowest BCUT2D eigenvalue weighted by Gasteiger charge is -1.89. The maximum Gasteiger partial charge on any atom is 0.177 e. The molecular formula is C13H26N2O. The van der Waals surface area contributed by atoms with Crippen molar-refractivity contribution in [1.29, 1.82) is 0 Å². The molecule has 1 heterocycles.